The lowest BCUT2D eigenvalue weighted by molar-refractivity contribution is 0.212. The lowest BCUT2D eigenvalue weighted by atomic mass is 9.71. The zero-order valence-corrected chi connectivity index (χ0v) is 10.9. The molecule has 1 N–H and O–H groups in total. The number of nitrogens with one attached hydrogen (secondary N) is 1. The van der Waals surface area contributed by atoms with Crippen molar-refractivity contribution < 1.29 is 0 Å². The van der Waals surface area contributed by atoms with E-state index in [1.54, 1.807) is 0 Å². The molecule has 2 fully saturated rings. The van der Waals surface area contributed by atoms with Crippen molar-refractivity contribution in [1.82, 2.24) is 10.2 Å². The highest BCUT2D eigenvalue weighted by Gasteiger charge is 2.54. The molecule has 17 heavy (non-hydrogen) atoms. The van der Waals surface area contributed by atoms with Crippen LogP contribution in [-0.4, -0.2) is 31.1 Å². The Morgan fingerprint density at radius 3 is 2.24 bits per heavy atom. The normalized spacial score (nSPS) is 37.3. The summed E-state index contributed by atoms with van der Waals surface area (Å²) >= 11 is 0. The van der Waals surface area contributed by atoms with E-state index in [9.17, 15) is 0 Å². The number of rotatable bonds is 2. The first-order valence-electron chi connectivity index (χ1n) is 6.58. The smallest absolute Gasteiger partial charge is 0.0234 e. The summed E-state index contributed by atoms with van der Waals surface area (Å²) in [6, 6.07) is 10.8. The standard InChI is InChI=1S/C15H22N2/c1-14-9-16-10-15(14,2)12-17(11-14)8-13-6-4-3-5-7-13/h3-7,16H,8-12H2,1-2H3/t14-,15-/m0/s1. The highest BCUT2D eigenvalue weighted by molar-refractivity contribution is 5.16. The van der Waals surface area contributed by atoms with Gasteiger partial charge in [0.05, 0.1) is 0 Å². The molecule has 1 aromatic rings. The largest absolute Gasteiger partial charge is 0.316 e. The monoisotopic (exact) mass is 230 g/mol. The number of fused-ring (bicyclic) bond motifs is 1. The van der Waals surface area contributed by atoms with Gasteiger partial charge >= 0.3 is 0 Å². The molecule has 2 aliphatic heterocycles. The lowest BCUT2D eigenvalue weighted by Crippen LogP contribution is -2.34. The van der Waals surface area contributed by atoms with E-state index in [0.717, 1.165) is 6.54 Å². The van der Waals surface area contributed by atoms with Gasteiger partial charge in [-0.05, 0) is 5.56 Å². The highest BCUT2D eigenvalue weighted by atomic mass is 15.2. The average molecular weight is 230 g/mol. The van der Waals surface area contributed by atoms with E-state index in [1.165, 1.54) is 31.7 Å². The fourth-order valence-electron chi connectivity index (χ4n) is 3.53. The zero-order chi connectivity index (χ0) is 11.9. The molecule has 1 aromatic carbocycles. The molecule has 0 spiro atoms. The van der Waals surface area contributed by atoms with Gasteiger partial charge in [-0.1, -0.05) is 44.2 Å². The number of nitrogens with zero attached hydrogens (tertiary/aromatic N) is 1. The minimum Gasteiger partial charge on any atom is -0.316 e. The summed E-state index contributed by atoms with van der Waals surface area (Å²) in [5, 5.41) is 3.56. The van der Waals surface area contributed by atoms with E-state index in [0.29, 0.717) is 10.8 Å². The van der Waals surface area contributed by atoms with Crippen molar-refractivity contribution in [2.75, 3.05) is 26.2 Å². The fourth-order valence-corrected chi connectivity index (χ4v) is 3.53. The van der Waals surface area contributed by atoms with E-state index in [2.05, 4.69) is 54.4 Å². The molecule has 2 heteroatoms. The Balaban J connectivity index is 1.73. The number of hydrogen-bond acceptors (Lipinski definition) is 2. The van der Waals surface area contributed by atoms with Crippen LogP contribution in [0.3, 0.4) is 0 Å². The average Bonchev–Trinajstić information content (AvgIpc) is 2.67. The van der Waals surface area contributed by atoms with E-state index in [4.69, 9.17) is 0 Å². The number of benzene rings is 1. The molecule has 2 heterocycles. The Kier molecular flexibility index (Phi) is 2.53. The fraction of sp³-hybridized carbons (Fsp3) is 0.600. The van der Waals surface area contributed by atoms with Crippen molar-refractivity contribution >= 4 is 0 Å². The molecule has 0 bridgehead atoms. The van der Waals surface area contributed by atoms with Crippen molar-refractivity contribution in [2.45, 2.75) is 20.4 Å². The first-order chi connectivity index (χ1) is 8.11. The molecule has 0 unspecified atom stereocenters. The Bertz CT molecular complexity index is 385. The van der Waals surface area contributed by atoms with E-state index >= 15 is 0 Å². The van der Waals surface area contributed by atoms with Crippen LogP contribution in [0.25, 0.3) is 0 Å². The van der Waals surface area contributed by atoms with Gasteiger partial charge in [0.2, 0.25) is 0 Å². The minimum absolute atomic E-state index is 0.460. The van der Waals surface area contributed by atoms with Crippen LogP contribution in [0.5, 0.6) is 0 Å². The van der Waals surface area contributed by atoms with Crippen molar-refractivity contribution in [1.29, 1.82) is 0 Å². The summed E-state index contributed by atoms with van der Waals surface area (Å²) in [7, 11) is 0. The highest BCUT2D eigenvalue weighted by Crippen LogP contribution is 2.48. The molecule has 2 saturated heterocycles. The summed E-state index contributed by atoms with van der Waals surface area (Å²) in [5.41, 5.74) is 2.36. The third-order valence-electron chi connectivity index (χ3n) is 4.88. The van der Waals surface area contributed by atoms with Gasteiger partial charge in [-0.15, -0.1) is 0 Å². The van der Waals surface area contributed by atoms with Gasteiger partial charge in [-0.3, -0.25) is 4.90 Å². The second-order valence-electron chi connectivity index (χ2n) is 6.36. The maximum Gasteiger partial charge on any atom is 0.0234 e. The Hall–Kier alpha value is -0.860. The van der Waals surface area contributed by atoms with Crippen molar-refractivity contribution in [3.63, 3.8) is 0 Å². The summed E-state index contributed by atoms with van der Waals surface area (Å²) in [6.07, 6.45) is 0. The first kappa shape index (κ1) is 11.2. The van der Waals surface area contributed by atoms with E-state index < -0.39 is 0 Å². The van der Waals surface area contributed by atoms with Crippen molar-refractivity contribution in [3.8, 4) is 0 Å². The maximum atomic E-state index is 3.56. The minimum atomic E-state index is 0.460. The Morgan fingerprint density at radius 2 is 1.65 bits per heavy atom. The topological polar surface area (TPSA) is 15.3 Å². The zero-order valence-electron chi connectivity index (χ0n) is 10.9. The maximum absolute atomic E-state index is 3.56. The van der Waals surface area contributed by atoms with Gasteiger partial charge in [-0.2, -0.15) is 0 Å². The number of likely N-dealkylation sites (tertiary alicyclic amines) is 1. The molecular formula is C15H22N2. The van der Waals surface area contributed by atoms with Gasteiger partial charge in [0, 0.05) is 43.6 Å². The van der Waals surface area contributed by atoms with Crippen LogP contribution in [0.1, 0.15) is 19.4 Å². The second kappa shape index (κ2) is 3.82. The molecule has 0 aliphatic carbocycles. The van der Waals surface area contributed by atoms with Crippen LogP contribution < -0.4 is 5.32 Å². The molecule has 0 saturated carbocycles. The van der Waals surface area contributed by atoms with Gasteiger partial charge < -0.3 is 5.32 Å². The SMILES string of the molecule is C[C@@]12CNC[C@@]1(C)CN(Cc1ccccc1)C2. The molecule has 2 nitrogen and oxygen atoms in total. The predicted molar refractivity (Wildman–Crippen MR) is 70.8 cm³/mol. The number of hydrogen-bond donors (Lipinski definition) is 1. The molecule has 2 aliphatic rings. The quantitative estimate of drug-likeness (QED) is 0.837. The molecular weight excluding hydrogens is 208 g/mol. The third kappa shape index (κ3) is 1.80. The lowest BCUT2D eigenvalue weighted by Gasteiger charge is -2.31. The van der Waals surface area contributed by atoms with E-state index in [1.807, 2.05) is 0 Å². The van der Waals surface area contributed by atoms with Gasteiger partial charge in [0.25, 0.3) is 0 Å². The summed E-state index contributed by atoms with van der Waals surface area (Å²) in [5.74, 6) is 0. The Labute approximate surface area is 104 Å². The van der Waals surface area contributed by atoms with Crippen LogP contribution in [0.4, 0.5) is 0 Å². The van der Waals surface area contributed by atoms with Crippen LogP contribution in [0.15, 0.2) is 30.3 Å². The molecule has 2 atom stereocenters. The molecule has 0 radical (unpaired) electrons. The van der Waals surface area contributed by atoms with Gasteiger partial charge in [0.1, 0.15) is 0 Å². The van der Waals surface area contributed by atoms with Gasteiger partial charge in [-0.25, -0.2) is 0 Å². The summed E-state index contributed by atoms with van der Waals surface area (Å²) in [6.45, 7) is 10.8. The molecule has 92 valence electrons. The van der Waals surface area contributed by atoms with Crippen LogP contribution in [0, 0.1) is 10.8 Å². The third-order valence-corrected chi connectivity index (χ3v) is 4.88. The van der Waals surface area contributed by atoms with Crippen LogP contribution in [0.2, 0.25) is 0 Å². The van der Waals surface area contributed by atoms with Crippen molar-refractivity contribution in [3.05, 3.63) is 35.9 Å². The summed E-state index contributed by atoms with van der Waals surface area (Å²) < 4.78 is 0. The van der Waals surface area contributed by atoms with Crippen LogP contribution in [-0.2, 0) is 6.54 Å². The first-order valence-corrected chi connectivity index (χ1v) is 6.58. The summed E-state index contributed by atoms with van der Waals surface area (Å²) in [4.78, 5) is 2.62. The second-order valence-corrected chi connectivity index (χ2v) is 6.36. The Morgan fingerprint density at radius 1 is 1.06 bits per heavy atom. The molecule has 0 aromatic heterocycles. The van der Waals surface area contributed by atoms with Gasteiger partial charge in [0.15, 0.2) is 0 Å². The molecule has 0 amide bonds. The van der Waals surface area contributed by atoms with E-state index in [-0.39, 0.29) is 0 Å². The predicted octanol–water partition coefficient (Wildman–Crippen LogP) is 2.12. The molecule has 3 rings (SSSR count). The van der Waals surface area contributed by atoms with Crippen molar-refractivity contribution in [2.24, 2.45) is 10.8 Å². The van der Waals surface area contributed by atoms with Crippen LogP contribution >= 0.6 is 0 Å².